The highest BCUT2D eigenvalue weighted by molar-refractivity contribution is 6.30. The molecule has 2 aromatic heterocycles. The first kappa shape index (κ1) is 26.5. The summed E-state index contributed by atoms with van der Waals surface area (Å²) in [4.78, 5) is 29.6. The fourth-order valence-corrected chi connectivity index (χ4v) is 3.75. The van der Waals surface area contributed by atoms with Crippen molar-refractivity contribution in [2.75, 3.05) is 6.61 Å². The zero-order valence-electron chi connectivity index (χ0n) is 19.4. The predicted molar refractivity (Wildman–Crippen MR) is 132 cm³/mol. The minimum absolute atomic E-state index is 0.109. The van der Waals surface area contributed by atoms with Gasteiger partial charge in [0.25, 0.3) is 5.56 Å². The van der Waals surface area contributed by atoms with E-state index in [9.17, 15) is 24.9 Å². The third-order valence-corrected chi connectivity index (χ3v) is 5.75. The van der Waals surface area contributed by atoms with Crippen LogP contribution in [0.3, 0.4) is 0 Å². The molecule has 1 aliphatic rings. The number of aliphatic hydroxyl groups is 3. The Balaban J connectivity index is 0.000000795. The zero-order valence-corrected chi connectivity index (χ0v) is 20.1. The second-order valence-electron chi connectivity index (χ2n) is 7.87. The molecular formula is C25H28ClN3O6. The van der Waals surface area contributed by atoms with E-state index in [1.54, 1.807) is 30.5 Å². The van der Waals surface area contributed by atoms with Gasteiger partial charge in [-0.3, -0.25) is 18.9 Å². The van der Waals surface area contributed by atoms with Gasteiger partial charge >= 0.3 is 5.69 Å². The number of aliphatic hydroxyl groups excluding tert-OH is 3. The Labute approximate surface area is 207 Å². The third kappa shape index (κ3) is 6.14. The Hall–Kier alpha value is -3.08. The first-order valence-corrected chi connectivity index (χ1v) is 11.4. The summed E-state index contributed by atoms with van der Waals surface area (Å²) >= 11 is 6.06. The maximum atomic E-state index is 13.0. The van der Waals surface area contributed by atoms with Crippen LogP contribution in [0.1, 0.15) is 25.8 Å². The van der Waals surface area contributed by atoms with Crippen molar-refractivity contribution in [3.05, 3.63) is 98.6 Å². The average Bonchev–Trinajstić information content (AvgIpc) is 3.15. The summed E-state index contributed by atoms with van der Waals surface area (Å²) < 4.78 is 7.38. The summed E-state index contributed by atoms with van der Waals surface area (Å²) in [6.07, 6.45) is 1.69. The van der Waals surface area contributed by atoms with E-state index in [2.05, 4.69) is 4.98 Å². The maximum absolute atomic E-state index is 13.0. The molecular weight excluding hydrogens is 474 g/mol. The van der Waals surface area contributed by atoms with Crippen molar-refractivity contribution in [2.24, 2.45) is 0 Å². The van der Waals surface area contributed by atoms with E-state index in [0.717, 1.165) is 26.3 Å². The summed E-state index contributed by atoms with van der Waals surface area (Å²) in [6.45, 7) is 3.37. The molecule has 9 nitrogen and oxygen atoms in total. The molecule has 3 heterocycles. The lowest BCUT2D eigenvalue weighted by Gasteiger charge is -2.18. The lowest BCUT2D eigenvalue weighted by Crippen LogP contribution is -2.43. The smallest absolute Gasteiger partial charge is 0.333 e. The quantitative estimate of drug-likeness (QED) is 0.456. The number of hydrogen-bond acceptors (Lipinski definition) is 7. The highest BCUT2D eigenvalue weighted by Gasteiger charge is 2.43. The Morgan fingerprint density at radius 3 is 2.40 bits per heavy atom. The standard InChI is InChI=1S/C21H20ClN3O6.C4H8/c22-14-3-1-2-12(8-14)13-4-6-23-15(9-13)10-25-17(27)5-7-24(21(25)30)20-19(29)18(28)16(11-26)31-20;1-3-4-2/h1-9,16,18-20,26,28-29H,10-11H2;3-4H,1-2H3/b;4-3-. The Kier molecular flexibility index (Phi) is 9.13. The van der Waals surface area contributed by atoms with E-state index >= 15 is 0 Å². The molecule has 0 spiro atoms. The van der Waals surface area contributed by atoms with E-state index in [1.165, 1.54) is 6.20 Å². The van der Waals surface area contributed by atoms with Gasteiger partial charge < -0.3 is 20.1 Å². The van der Waals surface area contributed by atoms with E-state index < -0.39 is 42.4 Å². The molecule has 1 fully saturated rings. The monoisotopic (exact) mass is 501 g/mol. The Morgan fingerprint density at radius 1 is 1.06 bits per heavy atom. The molecule has 0 amide bonds. The van der Waals surface area contributed by atoms with E-state index in [0.29, 0.717) is 10.7 Å². The van der Waals surface area contributed by atoms with Crippen LogP contribution in [-0.2, 0) is 11.3 Å². The van der Waals surface area contributed by atoms with E-state index in [4.69, 9.17) is 16.3 Å². The minimum atomic E-state index is -1.44. The van der Waals surface area contributed by atoms with E-state index in [-0.39, 0.29) is 6.54 Å². The SMILES string of the molecule is C/C=C\C.O=c1ccn(C2OC(CO)C(O)C2O)c(=O)n1Cc1cc(-c2cccc(Cl)c2)ccn1. The molecule has 4 atom stereocenters. The summed E-state index contributed by atoms with van der Waals surface area (Å²) in [5.41, 5.74) is 0.858. The van der Waals surface area contributed by atoms with Gasteiger partial charge in [0.15, 0.2) is 6.23 Å². The molecule has 1 aliphatic heterocycles. The summed E-state index contributed by atoms with van der Waals surface area (Å²) in [6, 6.07) is 12.0. The zero-order chi connectivity index (χ0) is 25.5. The van der Waals surface area contributed by atoms with Crippen LogP contribution in [-0.4, -0.2) is 54.4 Å². The number of pyridine rings is 1. The molecule has 3 N–H and O–H groups in total. The topological polar surface area (TPSA) is 127 Å². The molecule has 4 unspecified atom stereocenters. The van der Waals surface area contributed by atoms with Crippen LogP contribution in [0.4, 0.5) is 0 Å². The molecule has 35 heavy (non-hydrogen) atoms. The highest BCUT2D eigenvalue weighted by atomic mass is 35.5. The fraction of sp³-hybridized carbons (Fsp3) is 0.320. The molecule has 1 aromatic carbocycles. The van der Waals surface area contributed by atoms with Gasteiger partial charge in [-0.1, -0.05) is 35.9 Å². The van der Waals surface area contributed by atoms with Crippen molar-refractivity contribution in [1.29, 1.82) is 0 Å². The first-order valence-electron chi connectivity index (χ1n) is 11.0. The van der Waals surface area contributed by atoms with Gasteiger partial charge in [-0.05, 0) is 49.2 Å². The number of ether oxygens (including phenoxy) is 1. The number of rotatable bonds is 5. The summed E-state index contributed by atoms with van der Waals surface area (Å²) in [5.74, 6) is 0. The first-order chi connectivity index (χ1) is 16.8. The second-order valence-corrected chi connectivity index (χ2v) is 8.31. The van der Waals surface area contributed by atoms with Crippen LogP contribution in [0.25, 0.3) is 11.1 Å². The van der Waals surface area contributed by atoms with Gasteiger partial charge in [0.05, 0.1) is 18.8 Å². The van der Waals surface area contributed by atoms with Gasteiger partial charge in [-0.25, -0.2) is 4.79 Å². The predicted octanol–water partition coefficient (Wildman–Crippen LogP) is 1.97. The van der Waals surface area contributed by atoms with Gasteiger partial charge in [0.1, 0.15) is 18.3 Å². The van der Waals surface area contributed by atoms with Crippen LogP contribution < -0.4 is 11.2 Å². The van der Waals surface area contributed by atoms with Crippen LogP contribution in [0.5, 0.6) is 0 Å². The van der Waals surface area contributed by atoms with Crippen LogP contribution in [0.15, 0.2) is 76.6 Å². The highest BCUT2D eigenvalue weighted by Crippen LogP contribution is 2.28. The number of hydrogen-bond donors (Lipinski definition) is 3. The molecule has 0 radical (unpaired) electrons. The minimum Gasteiger partial charge on any atom is -0.394 e. The summed E-state index contributed by atoms with van der Waals surface area (Å²) in [7, 11) is 0. The average molecular weight is 502 g/mol. The fourth-order valence-electron chi connectivity index (χ4n) is 3.55. The molecule has 186 valence electrons. The van der Waals surface area contributed by atoms with Crippen molar-refractivity contribution >= 4 is 11.6 Å². The van der Waals surface area contributed by atoms with Crippen molar-refractivity contribution in [3.8, 4) is 11.1 Å². The molecule has 1 saturated heterocycles. The molecule has 0 aliphatic carbocycles. The van der Waals surface area contributed by atoms with Crippen molar-refractivity contribution < 1.29 is 20.1 Å². The van der Waals surface area contributed by atoms with Crippen LogP contribution in [0, 0.1) is 0 Å². The number of halogens is 1. The van der Waals surface area contributed by atoms with Crippen LogP contribution >= 0.6 is 11.6 Å². The normalized spacial score (nSPS) is 21.7. The molecule has 0 saturated carbocycles. The Bertz CT molecular complexity index is 1280. The van der Waals surface area contributed by atoms with Gasteiger partial charge in [-0.15, -0.1) is 0 Å². The van der Waals surface area contributed by atoms with Gasteiger partial charge in [0.2, 0.25) is 0 Å². The molecule has 0 bridgehead atoms. The van der Waals surface area contributed by atoms with Crippen molar-refractivity contribution in [3.63, 3.8) is 0 Å². The van der Waals surface area contributed by atoms with Crippen molar-refractivity contribution in [2.45, 2.75) is 44.9 Å². The van der Waals surface area contributed by atoms with Gasteiger partial charge in [0, 0.05) is 23.5 Å². The second kappa shape index (κ2) is 12.1. The molecule has 10 heteroatoms. The number of allylic oxidation sites excluding steroid dienone is 2. The number of aromatic nitrogens is 3. The third-order valence-electron chi connectivity index (χ3n) is 5.51. The largest absolute Gasteiger partial charge is 0.394 e. The van der Waals surface area contributed by atoms with Crippen LogP contribution in [0.2, 0.25) is 5.02 Å². The lowest BCUT2D eigenvalue weighted by molar-refractivity contribution is -0.0555. The lowest BCUT2D eigenvalue weighted by atomic mass is 10.1. The van der Waals surface area contributed by atoms with Gasteiger partial charge in [-0.2, -0.15) is 0 Å². The Morgan fingerprint density at radius 2 is 1.77 bits per heavy atom. The maximum Gasteiger partial charge on any atom is 0.333 e. The number of benzene rings is 1. The van der Waals surface area contributed by atoms with E-state index in [1.807, 2.05) is 38.1 Å². The summed E-state index contributed by atoms with van der Waals surface area (Å²) in [5, 5.41) is 30.0. The van der Waals surface area contributed by atoms with Crippen molar-refractivity contribution in [1.82, 2.24) is 14.1 Å². The molecule has 4 rings (SSSR count). The number of nitrogens with zero attached hydrogens (tertiary/aromatic N) is 3. The molecule has 3 aromatic rings.